The number of hydrogen-bond acceptors (Lipinski definition) is 4. The Morgan fingerprint density at radius 2 is 1.70 bits per heavy atom. The summed E-state index contributed by atoms with van der Waals surface area (Å²) in [6.07, 6.45) is 0. The van der Waals surface area contributed by atoms with Crippen molar-refractivity contribution in [2.24, 2.45) is 11.8 Å². The number of benzene rings is 3. The van der Waals surface area contributed by atoms with Crippen LogP contribution in [-0.4, -0.2) is 34.3 Å². The van der Waals surface area contributed by atoms with Gasteiger partial charge in [-0.05, 0) is 42.3 Å². The SMILES string of the molecule is CC(C)[C@H]1C(=O)N2C(COC2(C)C)[C@]1(O)c1ccc(OCc2ccccc2)c2ccccc12. The predicted octanol–water partition coefficient (Wildman–Crippen LogP) is 4.86. The lowest BCUT2D eigenvalue weighted by Gasteiger charge is -2.35. The fourth-order valence-corrected chi connectivity index (χ4v) is 5.71. The first-order valence-corrected chi connectivity index (χ1v) is 11.6. The Morgan fingerprint density at radius 1 is 1.03 bits per heavy atom. The first kappa shape index (κ1) is 21.9. The van der Waals surface area contributed by atoms with E-state index in [1.807, 2.05) is 94.4 Å². The smallest absolute Gasteiger partial charge is 0.231 e. The first-order valence-electron chi connectivity index (χ1n) is 11.6. The number of amides is 1. The van der Waals surface area contributed by atoms with Crippen molar-refractivity contribution in [1.82, 2.24) is 4.90 Å². The van der Waals surface area contributed by atoms with Gasteiger partial charge in [-0.1, -0.05) is 74.5 Å². The van der Waals surface area contributed by atoms with Gasteiger partial charge in [0.15, 0.2) is 0 Å². The third-order valence-electron chi connectivity index (χ3n) is 7.19. The molecule has 0 saturated carbocycles. The number of ether oxygens (including phenoxy) is 2. The van der Waals surface area contributed by atoms with Crippen LogP contribution in [0.1, 0.15) is 38.8 Å². The van der Waals surface area contributed by atoms with Crippen LogP contribution >= 0.6 is 0 Å². The van der Waals surface area contributed by atoms with Crippen LogP contribution in [0.2, 0.25) is 0 Å². The summed E-state index contributed by atoms with van der Waals surface area (Å²) in [5, 5.41) is 14.2. The minimum Gasteiger partial charge on any atom is -0.488 e. The van der Waals surface area contributed by atoms with Crippen molar-refractivity contribution in [3.63, 3.8) is 0 Å². The topological polar surface area (TPSA) is 59.0 Å². The Balaban J connectivity index is 1.61. The van der Waals surface area contributed by atoms with Crippen LogP contribution in [0.4, 0.5) is 0 Å². The summed E-state index contributed by atoms with van der Waals surface area (Å²) < 4.78 is 12.2. The maximum Gasteiger partial charge on any atom is 0.231 e. The molecule has 0 aromatic heterocycles. The van der Waals surface area contributed by atoms with Gasteiger partial charge in [0.25, 0.3) is 0 Å². The average molecular weight is 446 g/mol. The fourth-order valence-electron chi connectivity index (χ4n) is 5.71. The Bertz CT molecular complexity index is 1190. The van der Waals surface area contributed by atoms with E-state index in [0.29, 0.717) is 13.2 Å². The van der Waals surface area contributed by atoms with Crippen molar-refractivity contribution in [2.75, 3.05) is 6.61 Å². The Hall–Kier alpha value is -2.89. The molecule has 1 unspecified atom stereocenters. The molecular weight excluding hydrogens is 414 g/mol. The normalized spacial score (nSPS) is 26.2. The van der Waals surface area contributed by atoms with Gasteiger partial charge in [-0.3, -0.25) is 4.79 Å². The second-order valence-electron chi connectivity index (χ2n) is 9.96. The zero-order valence-corrected chi connectivity index (χ0v) is 19.6. The van der Waals surface area contributed by atoms with E-state index in [0.717, 1.165) is 27.6 Å². The molecule has 2 heterocycles. The van der Waals surface area contributed by atoms with E-state index in [1.54, 1.807) is 4.90 Å². The van der Waals surface area contributed by atoms with E-state index in [-0.39, 0.29) is 11.8 Å². The van der Waals surface area contributed by atoms with E-state index in [2.05, 4.69) is 0 Å². The molecule has 3 atom stereocenters. The number of carbonyl (C=O) groups is 1. The summed E-state index contributed by atoms with van der Waals surface area (Å²) in [5.74, 6) is 0.127. The summed E-state index contributed by atoms with van der Waals surface area (Å²) in [5.41, 5.74) is -0.262. The van der Waals surface area contributed by atoms with Crippen molar-refractivity contribution in [2.45, 2.75) is 51.7 Å². The minimum atomic E-state index is -1.36. The molecule has 0 radical (unpaired) electrons. The van der Waals surface area contributed by atoms with Crippen molar-refractivity contribution >= 4 is 16.7 Å². The van der Waals surface area contributed by atoms with E-state index >= 15 is 0 Å². The van der Waals surface area contributed by atoms with Gasteiger partial charge < -0.3 is 19.5 Å². The van der Waals surface area contributed by atoms with Crippen molar-refractivity contribution in [3.05, 3.63) is 77.9 Å². The maximum absolute atomic E-state index is 13.6. The summed E-state index contributed by atoms with van der Waals surface area (Å²) in [6, 6.07) is 21.4. The molecule has 5 heteroatoms. The summed E-state index contributed by atoms with van der Waals surface area (Å²) in [6.45, 7) is 8.56. The van der Waals surface area contributed by atoms with Gasteiger partial charge in [0.1, 0.15) is 23.7 Å². The quantitative estimate of drug-likeness (QED) is 0.610. The molecule has 33 heavy (non-hydrogen) atoms. The number of carbonyl (C=O) groups excluding carboxylic acids is 1. The van der Waals surface area contributed by atoms with Gasteiger partial charge in [-0.15, -0.1) is 0 Å². The molecule has 5 rings (SSSR count). The van der Waals surface area contributed by atoms with E-state index in [9.17, 15) is 9.90 Å². The highest BCUT2D eigenvalue weighted by Gasteiger charge is 2.66. The highest BCUT2D eigenvalue weighted by molar-refractivity contribution is 5.94. The highest BCUT2D eigenvalue weighted by atomic mass is 16.5. The average Bonchev–Trinajstić information content (AvgIpc) is 3.25. The van der Waals surface area contributed by atoms with Crippen molar-refractivity contribution in [1.29, 1.82) is 0 Å². The second kappa shape index (κ2) is 7.86. The first-order chi connectivity index (χ1) is 15.7. The number of aliphatic hydroxyl groups is 1. The van der Waals surface area contributed by atoms with Crippen molar-refractivity contribution < 1.29 is 19.4 Å². The summed E-state index contributed by atoms with van der Waals surface area (Å²) in [7, 11) is 0. The third-order valence-corrected chi connectivity index (χ3v) is 7.19. The number of nitrogens with zero attached hydrogens (tertiary/aromatic N) is 1. The molecule has 5 nitrogen and oxygen atoms in total. The zero-order valence-electron chi connectivity index (χ0n) is 19.6. The Morgan fingerprint density at radius 3 is 2.39 bits per heavy atom. The lowest BCUT2D eigenvalue weighted by molar-refractivity contribution is -0.147. The minimum absolute atomic E-state index is 0.0309. The molecule has 0 bridgehead atoms. The fraction of sp³-hybridized carbons (Fsp3) is 0.393. The van der Waals surface area contributed by atoms with Crippen LogP contribution in [0, 0.1) is 11.8 Å². The highest BCUT2D eigenvalue weighted by Crippen LogP contribution is 2.53. The molecule has 1 N–H and O–H groups in total. The van der Waals surface area contributed by atoms with Gasteiger partial charge in [0.05, 0.1) is 18.6 Å². The van der Waals surface area contributed by atoms with E-state index in [4.69, 9.17) is 9.47 Å². The van der Waals surface area contributed by atoms with Gasteiger partial charge >= 0.3 is 0 Å². The number of hydrogen-bond donors (Lipinski definition) is 1. The predicted molar refractivity (Wildman–Crippen MR) is 128 cm³/mol. The standard InChI is InChI=1S/C28H31NO4/c1-18(2)25-26(30)29-24(17-33-27(29,3)4)28(25,31)22-14-15-23(21-13-9-8-12-20(21)22)32-16-19-10-6-5-7-11-19/h5-15,18,24-25,31H,16-17H2,1-4H3/t24?,25-,28+/m0/s1. The van der Waals surface area contributed by atoms with Gasteiger partial charge in [-0.2, -0.15) is 0 Å². The maximum atomic E-state index is 13.6. The molecule has 2 aliphatic rings. The molecule has 0 spiro atoms. The van der Waals surface area contributed by atoms with Crippen LogP contribution in [0.3, 0.4) is 0 Å². The summed E-state index contributed by atoms with van der Waals surface area (Å²) in [4.78, 5) is 15.3. The molecule has 172 valence electrons. The lowest BCUT2D eigenvalue weighted by Crippen LogP contribution is -2.47. The largest absolute Gasteiger partial charge is 0.488 e. The van der Waals surface area contributed by atoms with Crippen LogP contribution < -0.4 is 4.74 Å². The van der Waals surface area contributed by atoms with E-state index < -0.39 is 23.3 Å². The number of rotatable bonds is 5. The molecule has 3 aromatic rings. The van der Waals surface area contributed by atoms with Crippen LogP contribution in [0.5, 0.6) is 5.75 Å². The van der Waals surface area contributed by atoms with Crippen molar-refractivity contribution in [3.8, 4) is 5.75 Å². The van der Waals surface area contributed by atoms with E-state index in [1.165, 1.54) is 0 Å². The molecular formula is C28H31NO4. The molecule has 2 aliphatic heterocycles. The Kier molecular flexibility index (Phi) is 5.22. The molecule has 2 fully saturated rings. The summed E-state index contributed by atoms with van der Waals surface area (Å²) >= 11 is 0. The zero-order chi connectivity index (χ0) is 23.4. The van der Waals surface area contributed by atoms with Gasteiger partial charge in [0, 0.05) is 5.39 Å². The monoisotopic (exact) mass is 445 g/mol. The second-order valence-corrected chi connectivity index (χ2v) is 9.96. The third kappa shape index (κ3) is 3.33. The molecule has 2 saturated heterocycles. The number of fused-ring (bicyclic) bond motifs is 2. The van der Waals surface area contributed by atoms with Gasteiger partial charge in [-0.25, -0.2) is 0 Å². The van der Waals surface area contributed by atoms with Crippen LogP contribution in [0.25, 0.3) is 10.8 Å². The van der Waals surface area contributed by atoms with Gasteiger partial charge in [0.2, 0.25) is 5.91 Å². The Labute approximate surface area is 194 Å². The molecule has 0 aliphatic carbocycles. The van der Waals surface area contributed by atoms with Crippen LogP contribution in [0.15, 0.2) is 66.7 Å². The lowest BCUT2D eigenvalue weighted by atomic mass is 9.73. The molecule has 1 amide bonds. The van der Waals surface area contributed by atoms with Crippen LogP contribution in [-0.2, 0) is 21.7 Å². The molecule has 3 aromatic carbocycles.